The maximum absolute atomic E-state index is 2.69. The summed E-state index contributed by atoms with van der Waals surface area (Å²) in [5.41, 5.74) is 6.92. The monoisotopic (exact) mass is 486 g/mol. The molecule has 0 amide bonds. The fourth-order valence-electron chi connectivity index (χ4n) is 5.05. The smallest absolute Gasteiger partial charge is 1.00 e. The fourth-order valence-corrected chi connectivity index (χ4v) is 16.2. The molecule has 0 aromatic heterocycles. The molecule has 3 rings (SSSR count). The van der Waals surface area contributed by atoms with Crippen molar-refractivity contribution in [3.8, 4) is 0 Å². The van der Waals surface area contributed by atoms with E-state index >= 15 is 0 Å². The van der Waals surface area contributed by atoms with E-state index < -0.39 is 31.3 Å². The van der Waals surface area contributed by atoms with Crippen LogP contribution in [0.15, 0.2) is 40.1 Å². The van der Waals surface area contributed by atoms with E-state index in [1.807, 2.05) is 11.8 Å². The molecule has 1 saturated heterocycles. The number of rotatable bonds is 5. The van der Waals surface area contributed by atoms with Crippen molar-refractivity contribution in [2.24, 2.45) is 5.41 Å². The van der Waals surface area contributed by atoms with Gasteiger partial charge in [-0.15, -0.1) is 0 Å². The van der Waals surface area contributed by atoms with Gasteiger partial charge >= 0.3 is 163 Å². The molecular formula is C22H34Cl2SiZr. The largest absolute Gasteiger partial charge is 1.00 e. The minimum absolute atomic E-state index is 0. The maximum Gasteiger partial charge on any atom is -1.00 e. The molecule has 2 aliphatic carbocycles. The zero-order valence-corrected chi connectivity index (χ0v) is 22.5. The minimum atomic E-state index is -1.08. The fraction of sp³-hybridized carbons (Fsp3) is 0.636. The summed E-state index contributed by atoms with van der Waals surface area (Å²) in [7, 11) is -1.08. The molecule has 3 aliphatic rings. The molecular weight excluding hydrogens is 454 g/mol. The summed E-state index contributed by atoms with van der Waals surface area (Å²) in [6, 6.07) is 4.72. The van der Waals surface area contributed by atoms with Crippen LogP contribution in [0.3, 0.4) is 0 Å². The minimum Gasteiger partial charge on any atom is -1.00 e. The molecule has 0 bridgehead atoms. The van der Waals surface area contributed by atoms with Crippen LogP contribution in [0.1, 0.15) is 67.7 Å². The van der Waals surface area contributed by atoms with Gasteiger partial charge in [-0.25, -0.2) is 0 Å². The van der Waals surface area contributed by atoms with E-state index in [-0.39, 0.29) is 24.8 Å². The van der Waals surface area contributed by atoms with E-state index in [1.165, 1.54) is 19.3 Å². The molecule has 0 aromatic rings. The van der Waals surface area contributed by atoms with Crippen molar-refractivity contribution in [2.75, 3.05) is 0 Å². The van der Waals surface area contributed by atoms with Crippen LogP contribution >= 0.6 is 0 Å². The average Bonchev–Trinajstić information content (AvgIpc) is 2.92. The number of hydrogen-bond acceptors (Lipinski definition) is 0. The van der Waals surface area contributed by atoms with Gasteiger partial charge in [0.15, 0.2) is 0 Å². The molecule has 26 heavy (non-hydrogen) atoms. The van der Waals surface area contributed by atoms with Gasteiger partial charge in [0.2, 0.25) is 0 Å². The van der Waals surface area contributed by atoms with Crippen LogP contribution < -0.4 is 24.8 Å². The van der Waals surface area contributed by atoms with Crippen LogP contribution in [0.5, 0.6) is 0 Å². The third kappa shape index (κ3) is 3.87. The Morgan fingerprint density at radius 1 is 1.04 bits per heavy atom. The standard InChI is InChI=1S/C12H19Si.C10H15.2ClH.Zr/c1-3-7-13(8-4-9-13)12-6-5-11(2)10-12;1-7-6-10(4,5)9(3)8(7)2;;;/h6H,3-5,7-9H2,1-2H3;1-5H3;2*1H;/q;;;;+2/p-2. The second-order valence-electron chi connectivity index (χ2n) is 8.86. The molecule has 1 heterocycles. The molecule has 144 valence electrons. The Hall–Kier alpha value is 0.640. The van der Waals surface area contributed by atoms with E-state index in [0.29, 0.717) is 5.41 Å². The van der Waals surface area contributed by atoms with Crippen LogP contribution in [0.25, 0.3) is 0 Å². The number of hydrogen-bond donors (Lipinski definition) is 0. The molecule has 0 nitrogen and oxygen atoms in total. The Morgan fingerprint density at radius 3 is 2.08 bits per heavy atom. The van der Waals surface area contributed by atoms with E-state index in [0.717, 1.165) is 0 Å². The molecule has 4 heteroatoms. The zero-order valence-electron chi connectivity index (χ0n) is 17.6. The summed E-state index contributed by atoms with van der Waals surface area (Å²) in [5.74, 6) is 0. The summed E-state index contributed by atoms with van der Waals surface area (Å²) in [6.45, 7) is 16.9. The molecule has 0 saturated carbocycles. The van der Waals surface area contributed by atoms with E-state index in [1.54, 1.807) is 40.4 Å². The van der Waals surface area contributed by atoms with Crippen molar-refractivity contribution in [3.63, 3.8) is 0 Å². The molecule has 0 aromatic carbocycles. The Kier molecular flexibility index (Phi) is 8.52. The first-order chi connectivity index (χ1) is 11.2. The van der Waals surface area contributed by atoms with Gasteiger partial charge in [0, 0.05) is 0 Å². The molecule has 1 aliphatic heterocycles. The van der Waals surface area contributed by atoms with E-state index in [9.17, 15) is 0 Å². The Morgan fingerprint density at radius 2 is 1.65 bits per heavy atom. The van der Waals surface area contributed by atoms with Gasteiger partial charge in [0.05, 0.1) is 0 Å². The number of allylic oxidation sites excluding steroid dienone is 8. The van der Waals surface area contributed by atoms with Crippen molar-refractivity contribution in [3.05, 3.63) is 40.1 Å². The Balaban J connectivity index is 0.00000169. The third-order valence-corrected chi connectivity index (χ3v) is 18.9. The average molecular weight is 489 g/mol. The summed E-state index contributed by atoms with van der Waals surface area (Å²) in [6.07, 6.45) is 6.86. The van der Waals surface area contributed by atoms with Gasteiger partial charge in [-0.05, 0) is 0 Å². The second-order valence-corrected chi connectivity index (χ2v) is 16.5. The van der Waals surface area contributed by atoms with Crippen LogP contribution in [0.2, 0.25) is 18.1 Å². The molecule has 1 fully saturated rings. The van der Waals surface area contributed by atoms with Gasteiger partial charge < -0.3 is 24.8 Å². The summed E-state index contributed by atoms with van der Waals surface area (Å²) in [4.78, 5) is 0. The summed E-state index contributed by atoms with van der Waals surface area (Å²) in [5, 5.41) is 1.96. The summed E-state index contributed by atoms with van der Waals surface area (Å²) >= 11 is -0.680. The van der Waals surface area contributed by atoms with Gasteiger partial charge in [0.1, 0.15) is 0 Å². The van der Waals surface area contributed by atoms with Crippen LogP contribution in [0.4, 0.5) is 0 Å². The van der Waals surface area contributed by atoms with Gasteiger partial charge in [0.25, 0.3) is 0 Å². The SMILES string of the molecule is CCC[Si]1(C2=CCC(C)=[C]2[Zr+2][C]2=C(C)C(C)=C(C)C2(C)C)CCC1.[Cl-].[Cl-]. The molecule has 0 atom stereocenters. The van der Waals surface area contributed by atoms with E-state index in [2.05, 4.69) is 54.5 Å². The topological polar surface area (TPSA) is 0 Å². The second kappa shape index (κ2) is 8.98. The Labute approximate surface area is 186 Å². The number of halogens is 2. The Bertz CT molecular complexity index is 691. The first-order valence-corrected chi connectivity index (χ1v) is 14.9. The van der Waals surface area contributed by atoms with Gasteiger partial charge in [-0.3, -0.25) is 0 Å². The first-order valence-electron chi connectivity index (χ1n) is 9.82. The van der Waals surface area contributed by atoms with Crippen LogP contribution in [0, 0.1) is 5.41 Å². The van der Waals surface area contributed by atoms with Gasteiger partial charge in [-0.1, -0.05) is 0 Å². The van der Waals surface area contributed by atoms with Crippen molar-refractivity contribution in [1.29, 1.82) is 0 Å². The predicted octanol–water partition coefficient (Wildman–Crippen LogP) is 1.13. The van der Waals surface area contributed by atoms with Crippen LogP contribution in [-0.4, -0.2) is 8.07 Å². The summed E-state index contributed by atoms with van der Waals surface area (Å²) < 4.78 is 3.80. The normalized spacial score (nSPS) is 23.3. The quantitative estimate of drug-likeness (QED) is 0.509. The van der Waals surface area contributed by atoms with Gasteiger partial charge in [-0.2, -0.15) is 0 Å². The maximum atomic E-state index is 2.69. The zero-order chi connectivity index (χ0) is 17.7. The van der Waals surface area contributed by atoms with Crippen LogP contribution in [-0.2, 0) is 23.2 Å². The van der Waals surface area contributed by atoms with E-state index in [4.69, 9.17) is 0 Å². The van der Waals surface area contributed by atoms with Crippen molar-refractivity contribution in [1.82, 2.24) is 0 Å². The van der Waals surface area contributed by atoms with Crippen molar-refractivity contribution < 1.29 is 48.0 Å². The first kappa shape index (κ1) is 24.7. The molecule has 0 spiro atoms. The predicted molar refractivity (Wildman–Crippen MR) is 105 cm³/mol. The van der Waals surface area contributed by atoms with Crippen molar-refractivity contribution >= 4 is 8.07 Å². The molecule has 0 unspecified atom stereocenters. The molecule has 0 radical (unpaired) electrons. The third-order valence-electron chi connectivity index (χ3n) is 7.23. The van der Waals surface area contributed by atoms with Crippen molar-refractivity contribution in [2.45, 2.75) is 85.9 Å². The molecule has 0 N–H and O–H groups in total.